The van der Waals surface area contributed by atoms with Crippen LogP contribution in [-0.2, 0) is 16.0 Å². The van der Waals surface area contributed by atoms with E-state index in [0.29, 0.717) is 22.1 Å². The van der Waals surface area contributed by atoms with Gasteiger partial charge >= 0.3 is 5.97 Å². The van der Waals surface area contributed by atoms with Crippen LogP contribution >= 0.6 is 11.3 Å². The summed E-state index contributed by atoms with van der Waals surface area (Å²) in [6.45, 7) is 9.21. The lowest BCUT2D eigenvalue weighted by molar-refractivity contribution is -0.115. The van der Waals surface area contributed by atoms with Gasteiger partial charge in [-0.1, -0.05) is 6.07 Å². The summed E-state index contributed by atoms with van der Waals surface area (Å²) in [5.74, 6) is -1.16. The summed E-state index contributed by atoms with van der Waals surface area (Å²) < 4.78 is 4.82. The summed E-state index contributed by atoms with van der Waals surface area (Å²) in [5, 5.41) is 5.15. The number of hydrogen-bond acceptors (Lipinski definition) is 6. The number of H-pyrrole nitrogens is 1. The fourth-order valence-corrected chi connectivity index (χ4v) is 4.26. The number of ether oxygens (including phenoxy) is 1. The van der Waals surface area contributed by atoms with E-state index in [9.17, 15) is 14.4 Å². The zero-order chi connectivity index (χ0) is 22.9. The molecule has 0 aliphatic rings. The summed E-state index contributed by atoms with van der Waals surface area (Å²) in [6.07, 6.45) is -0.115. The third kappa shape index (κ3) is 4.59. The highest BCUT2D eigenvalue weighted by molar-refractivity contribution is 7.14. The molecule has 0 bridgehead atoms. The van der Waals surface area contributed by atoms with Gasteiger partial charge in [0.05, 0.1) is 30.5 Å². The standard InChI is InChI=1S/C23H25N3O4S/c1-11-7-13(3)16(8-12(11)2)18-10-31-23(25-18)26-19(28)9-17-20(22(29)30-6)14(4)21(24-17)15(5)27/h7-8,10,24H,9H2,1-6H3,(H,25,26,28). The molecule has 3 aromatic rings. The minimum Gasteiger partial charge on any atom is -0.465 e. The Morgan fingerprint density at radius 1 is 1.10 bits per heavy atom. The van der Waals surface area contributed by atoms with Crippen LogP contribution in [0.4, 0.5) is 5.13 Å². The molecule has 0 radical (unpaired) electrons. The minimum absolute atomic E-state index is 0.115. The Kier molecular flexibility index (Phi) is 6.40. The Bertz CT molecular complexity index is 1190. The number of methoxy groups -OCH3 is 1. The van der Waals surface area contributed by atoms with E-state index in [1.54, 1.807) is 6.92 Å². The molecule has 0 spiro atoms. The highest BCUT2D eigenvalue weighted by Crippen LogP contribution is 2.29. The highest BCUT2D eigenvalue weighted by atomic mass is 32.1. The normalized spacial score (nSPS) is 10.8. The van der Waals surface area contributed by atoms with E-state index in [4.69, 9.17) is 4.74 Å². The SMILES string of the molecule is COC(=O)c1c(CC(=O)Nc2nc(-c3cc(C)c(C)cc3C)cs2)[nH]c(C(C)=O)c1C. The number of aromatic amines is 1. The van der Waals surface area contributed by atoms with Crippen LogP contribution < -0.4 is 5.32 Å². The number of carbonyl (C=O) groups is 3. The summed E-state index contributed by atoms with van der Waals surface area (Å²) in [7, 11) is 1.26. The smallest absolute Gasteiger partial charge is 0.339 e. The zero-order valence-corrected chi connectivity index (χ0v) is 19.2. The lowest BCUT2D eigenvalue weighted by atomic mass is 9.99. The lowest BCUT2D eigenvalue weighted by Gasteiger charge is -2.07. The molecule has 0 saturated carbocycles. The van der Waals surface area contributed by atoms with Gasteiger partial charge in [0, 0.05) is 23.6 Å². The number of aromatic nitrogens is 2. The number of amides is 1. The number of carbonyl (C=O) groups excluding carboxylic acids is 3. The fraction of sp³-hybridized carbons (Fsp3) is 0.304. The fourth-order valence-electron chi connectivity index (χ4n) is 3.54. The van der Waals surface area contributed by atoms with Gasteiger partial charge in [0.15, 0.2) is 10.9 Å². The highest BCUT2D eigenvalue weighted by Gasteiger charge is 2.24. The van der Waals surface area contributed by atoms with Gasteiger partial charge in [0.1, 0.15) is 0 Å². The van der Waals surface area contributed by atoms with E-state index < -0.39 is 5.97 Å². The number of aryl methyl sites for hydroxylation is 3. The Morgan fingerprint density at radius 2 is 1.77 bits per heavy atom. The van der Waals surface area contributed by atoms with Gasteiger partial charge in [0.25, 0.3) is 0 Å². The zero-order valence-electron chi connectivity index (χ0n) is 18.4. The van der Waals surface area contributed by atoms with Crippen LogP contribution in [0.5, 0.6) is 0 Å². The van der Waals surface area contributed by atoms with Crippen LogP contribution in [0, 0.1) is 27.7 Å². The summed E-state index contributed by atoms with van der Waals surface area (Å²) >= 11 is 1.33. The molecule has 3 rings (SSSR count). The second kappa shape index (κ2) is 8.85. The van der Waals surface area contributed by atoms with E-state index >= 15 is 0 Å². The number of anilines is 1. The van der Waals surface area contributed by atoms with Crippen LogP contribution in [0.3, 0.4) is 0 Å². The molecular weight excluding hydrogens is 414 g/mol. The van der Waals surface area contributed by atoms with Crippen molar-refractivity contribution in [2.75, 3.05) is 12.4 Å². The monoisotopic (exact) mass is 439 g/mol. The van der Waals surface area contributed by atoms with Gasteiger partial charge < -0.3 is 15.0 Å². The van der Waals surface area contributed by atoms with Crippen molar-refractivity contribution >= 4 is 34.1 Å². The van der Waals surface area contributed by atoms with E-state index in [-0.39, 0.29) is 23.7 Å². The second-order valence-electron chi connectivity index (χ2n) is 7.54. The predicted octanol–water partition coefficient (Wildman–Crippen LogP) is 4.54. The first-order valence-corrected chi connectivity index (χ1v) is 10.6. The van der Waals surface area contributed by atoms with Crippen LogP contribution in [0.25, 0.3) is 11.3 Å². The molecule has 2 aromatic heterocycles. The molecule has 31 heavy (non-hydrogen) atoms. The van der Waals surface area contributed by atoms with Crippen molar-refractivity contribution in [3.8, 4) is 11.3 Å². The van der Waals surface area contributed by atoms with Crippen molar-refractivity contribution in [2.45, 2.75) is 41.0 Å². The van der Waals surface area contributed by atoms with Crippen molar-refractivity contribution in [1.29, 1.82) is 0 Å². The largest absolute Gasteiger partial charge is 0.465 e. The number of Topliss-reactive ketones (excluding diaryl/α,β-unsaturated/α-hetero) is 1. The van der Waals surface area contributed by atoms with Gasteiger partial charge in [-0.3, -0.25) is 9.59 Å². The van der Waals surface area contributed by atoms with Crippen LogP contribution in [0.15, 0.2) is 17.5 Å². The van der Waals surface area contributed by atoms with Crippen molar-refractivity contribution in [2.24, 2.45) is 0 Å². The molecule has 2 heterocycles. The van der Waals surface area contributed by atoms with Crippen LogP contribution in [-0.4, -0.2) is 34.7 Å². The molecule has 0 aliphatic heterocycles. The molecule has 162 valence electrons. The molecule has 0 unspecified atom stereocenters. The van der Waals surface area contributed by atoms with Gasteiger partial charge in [-0.15, -0.1) is 11.3 Å². The van der Waals surface area contributed by atoms with Crippen molar-refractivity contribution in [1.82, 2.24) is 9.97 Å². The maximum absolute atomic E-state index is 12.6. The summed E-state index contributed by atoms with van der Waals surface area (Å²) in [5.41, 5.74) is 6.67. The maximum Gasteiger partial charge on any atom is 0.339 e. The van der Waals surface area contributed by atoms with Crippen LogP contribution in [0.2, 0.25) is 0 Å². The molecule has 2 N–H and O–H groups in total. The molecular formula is C23H25N3O4S. The number of nitrogens with one attached hydrogen (secondary N) is 2. The summed E-state index contributed by atoms with van der Waals surface area (Å²) in [6, 6.07) is 4.22. The summed E-state index contributed by atoms with van der Waals surface area (Å²) in [4.78, 5) is 44.1. The van der Waals surface area contributed by atoms with Crippen LogP contribution in [0.1, 0.15) is 55.7 Å². The third-order valence-corrected chi connectivity index (χ3v) is 6.03. The van der Waals surface area contributed by atoms with Gasteiger partial charge in [-0.2, -0.15) is 0 Å². The number of rotatable bonds is 6. The van der Waals surface area contributed by atoms with Crippen molar-refractivity contribution < 1.29 is 19.1 Å². The molecule has 0 saturated heterocycles. The number of thiazole rings is 1. The van der Waals surface area contributed by atoms with Gasteiger partial charge in [-0.05, 0) is 56.0 Å². The Balaban J connectivity index is 1.81. The lowest BCUT2D eigenvalue weighted by Crippen LogP contribution is -2.17. The van der Waals surface area contributed by atoms with E-state index in [2.05, 4.69) is 41.3 Å². The first-order valence-electron chi connectivity index (χ1n) is 9.76. The first-order chi connectivity index (χ1) is 14.6. The van der Waals surface area contributed by atoms with Crippen molar-refractivity contribution in [3.63, 3.8) is 0 Å². The maximum atomic E-state index is 12.6. The quantitative estimate of drug-likeness (QED) is 0.434. The topological polar surface area (TPSA) is 101 Å². The molecule has 0 fully saturated rings. The second-order valence-corrected chi connectivity index (χ2v) is 8.40. The molecule has 8 heteroatoms. The molecule has 7 nitrogen and oxygen atoms in total. The Hall–Kier alpha value is -3.26. The van der Waals surface area contributed by atoms with E-state index in [1.165, 1.54) is 36.5 Å². The average molecular weight is 440 g/mol. The van der Waals surface area contributed by atoms with Gasteiger partial charge in [0.2, 0.25) is 5.91 Å². The third-order valence-electron chi connectivity index (χ3n) is 5.27. The first kappa shape index (κ1) is 22.4. The van der Waals surface area contributed by atoms with E-state index in [1.807, 2.05) is 12.3 Å². The number of hydrogen-bond donors (Lipinski definition) is 2. The Labute approximate surface area is 184 Å². The minimum atomic E-state index is -0.592. The number of benzene rings is 1. The predicted molar refractivity (Wildman–Crippen MR) is 121 cm³/mol. The molecule has 0 aliphatic carbocycles. The van der Waals surface area contributed by atoms with E-state index in [0.717, 1.165) is 16.8 Å². The number of esters is 1. The number of ketones is 1. The average Bonchev–Trinajstić information content (AvgIpc) is 3.28. The van der Waals surface area contributed by atoms with Gasteiger partial charge in [-0.25, -0.2) is 9.78 Å². The van der Waals surface area contributed by atoms with Crippen molar-refractivity contribution in [3.05, 3.63) is 56.7 Å². The molecule has 1 aromatic carbocycles. The Morgan fingerprint density at radius 3 is 2.42 bits per heavy atom. The number of nitrogens with zero attached hydrogens (tertiary/aromatic N) is 1. The molecule has 0 atom stereocenters. The molecule has 1 amide bonds.